The van der Waals surface area contributed by atoms with Crippen molar-refractivity contribution in [3.8, 4) is 5.75 Å². The number of carbonyl (C=O) groups is 1. The summed E-state index contributed by atoms with van der Waals surface area (Å²) in [5, 5.41) is 6.12. The van der Waals surface area contributed by atoms with Gasteiger partial charge in [0.1, 0.15) is 5.75 Å². The van der Waals surface area contributed by atoms with E-state index in [9.17, 15) is 4.79 Å². The molecular weight excluding hydrogens is 256 g/mol. The van der Waals surface area contributed by atoms with Gasteiger partial charge in [-0.1, -0.05) is 12.1 Å². The molecule has 1 heterocycles. The molecule has 1 aromatic carbocycles. The predicted molar refractivity (Wildman–Crippen MR) is 76.9 cm³/mol. The number of rotatable bonds is 6. The maximum absolute atomic E-state index is 12.0. The number of ether oxygens (including phenoxy) is 2. The zero-order chi connectivity index (χ0) is 14.4. The molecule has 0 bridgehead atoms. The van der Waals surface area contributed by atoms with Crippen LogP contribution in [0.4, 0.5) is 0 Å². The van der Waals surface area contributed by atoms with E-state index in [4.69, 9.17) is 9.47 Å². The Hall–Kier alpha value is -1.59. The number of nitrogens with one attached hydrogen (secondary N) is 2. The van der Waals surface area contributed by atoms with Crippen LogP contribution < -0.4 is 15.4 Å². The zero-order valence-electron chi connectivity index (χ0n) is 12.0. The molecule has 5 nitrogen and oxygen atoms in total. The summed E-state index contributed by atoms with van der Waals surface area (Å²) in [5.41, 5.74) is 1.15. The molecule has 5 heteroatoms. The van der Waals surface area contributed by atoms with E-state index in [1.165, 1.54) is 0 Å². The molecule has 2 atom stereocenters. The summed E-state index contributed by atoms with van der Waals surface area (Å²) in [6, 6.07) is 7.75. The van der Waals surface area contributed by atoms with Crippen molar-refractivity contribution in [3.63, 3.8) is 0 Å². The topological polar surface area (TPSA) is 59.6 Å². The highest BCUT2D eigenvalue weighted by atomic mass is 16.5. The van der Waals surface area contributed by atoms with Crippen LogP contribution in [0.5, 0.6) is 5.75 Å². The third kappa shape index (κ3) is 3.95. The van der Waals surface area contributed by atoms with Crippen LogP contribution in [0.1, 0.15) is 12.0 Å². The highest BCUT2D eigenvalue weighted by Crippen LogP contribution is 2.13. The minimum absolute atomic E-state index is 0.0486. The van der Waals surface area contributed by atoms with Gasteiger partial charge in [0.25, 0.3) is 0 Å². The largest absolute Gasteiger partial charge is 0.497 e. The molecule has 1 fully saturated rings. The third-order valence-electron chi connectivity index (χ3n) is 3.59. The Balaban J connectivity index is 1.74. The van der Waals surface area contributed by atoms with E-state index in [2.05, 4.69) is 10.6 Å². The van der Waals surface area contributed by atoms with E-state index in [-0.39, 0.29) is 18.1 Å². The lowest BCUT2D eigenvalue weighted by molar-refractivity contribution is -0.122. The van der Waals surface area contributed by atoms with Gasteiger partial charge in [0, 0.05) is 20.2 Å². The van der Waals surface area contributed by atoms with Crippen molar-refractivity contribution in [2.75, 3.05) is 27.3 Å². The predicted octanol–water partition coefficient (Wildman–Crippen LogP) is 0.731. The van der Waals surface area contributed by atoms with E-state index in [0.717, 1.165) is 30.7 Å². The second-order valence-electron chi connectivity index (χ2n) is 4.95. The van der Waals surface area contributed by atoms with Crippen molar-refractivity contribution in [2.24, 2.45) is 0 Å². The molecule has 0 spiro atoms. The first kappa shape index (κ1) is 14.8. The maximum atomic E-state index is 12.0. The van der Waals surface area contributed by atoms with Gasteiger partial charge in [-0.15, -0.1) is 0 Å². The molecule has 110 valence electrons. The first-order chi connectivity index (χ1) is 9.72. The molecule has 1 aliphatic rings. The second-order valence-corrected chi connectivity index (χ2v) is 4.95. The Morgan fingerprint density at radius 3 is 3.00 bits per heavy atom. The third-order valence-corrected chi connectivity index (χ3v) is 3.59. The summed E-state index contributed by atoms with van der Waals surface area (Å²) >= 11 is 0. The number of amides is 1. The summed E-state index contributed by atoms with van der Waals surface area (Å²) in [7, 11) is 3.33. The quantitative estimate of drug-likeness (QED) is 0.805. The van der Waals surface area contributed by atoms with Gasteiger partial charge < -0.3 is 20.1 Å². The van der Waals surface area contributed by atoms with Gasteiger partial charge in [0.05, 0.1) is 19.3 Å². The average Bonchev–Trinajstić information content (AvgIpc) is 2.96. The normalized spacial score (nSPS) is 21.7. The van der Waals surface area contributed by atoms with Gasteiger partial charge in [-0.3, -0.25) is 4.79 Å². The summed E-state index contributed by atoms with van der Waals surface area (Å²) in [6.45, 7) is 1.37. The van der Waals surface area contributed by atoms with E-state index in [1.54, 1.807) is 14.2 Å². The van der Waals surface area contributed by atoms with Crippen LogP contribution in [0.2, 0.25) is 0 Å². The second kappa shape index (κ2) is 7.26. The smallest absolute Gasteiger partial charge is 0.237 e. The fraction of sp³-hybridized carbons (Fsp3) is 0.533. The van der Waals surface area contributed by atoms with Crippen LogP contribution in [0.3, 0.4) is 0 Å². The molecular formula is C15H22N2O3. The Labute approximate surface area is 119 Å². The lowest BCUT2D eigenvalue weighted by Crippen LogP contribution is -2.41. The summed E-state index contributed by atoms with van der Waals surface area (Å²) in [5.74, 6) is 0.890. The van der Waals surface area contributed by atoms with Crippen LogP contribution in [-0.4, -0.2) is 45.4 Å². The minimum Gasteiger partial charge on any atom is -0.497 e. The van der Waals surface area contributed by atoms with Gasteiger partial charge in [-0.05, 0) is 30.5 Å². The van der Waals surface area contributed by atoms with Gasteiger partial charge in [-0.25, -0.2) is 0 Å². The van der Waals surface area contributed by atoms with Crippen LogP contribution in [0, 0.1) is 0 Å². The molecule has 0 aliphatic carbocycles. The number of carbonyl (C=O) groups excluding carboxylic acids is 1. The molecule has 0 radical (unpaired) electrons. The molecule has 2 rings (SSSR count). The van der Waals surface area contributed by atoms with Crippen molar-refractivity contribution >= 4 is 5.91 Å². The summed E-state index contributed by atoms with van der Waals surface area (Å²) < 4.78 is 10.4. The highest BCUT2D eigenvalue weighted by Gasteiger charge is 2.28. The highest BCUT2D eigenvalue weighted by molar-refractivity contribution is 5.82. The van der Waals surface area contributed by atoms with Gasteiger partial charge in [0.15, 0.2) is 0 Å². The number of benzene rings is 1. The van der Waals surface area contributed by atoms with Crippen LogP contribution in [0.25, 0.3) is 0 Å². The van der Waals surface area contributed by atoms with E-state index < -0.39 is 0 Å². The number of hydrogen-bond donors (Lipinski definition) is 2. The Kier molecular flexibility index (Phi) is 5.38. The van der Waals surface area contributed by atoms with Crippen molar-refractivity contribution in [1.82, 2.24) is 10.6 Å². The molecule has 1 saturated heterocycles. The minimum atomic E-state index is -0.134. The van der Waals surface area contributed by atoms with Crippen molar-refractivity contribution in [1.29, 1.82) is 0 Å². The van der Waals surface area contributed by atoms with Crippen molar-refractivity contribution in [3.05, 3.63) is 29.8 Å². The van der Waals surface area contributed by atoms with E-state index in [1.807, 2.05) is 24.3 Å². The molecule has 20 heavy (non-hydrogen) atoms. The summed E-state index contributed by atoms with van der Waals surface area (Å²) in [6.07, 6.45) is 1.68. The van der Waals surface area contributed by atoms with E-state index in [0.29, 0.717) is 6.54 Å². The fourth-order valence-electron chi connectivity index (χ4n) is 2.36. The van der Waals surface area contributed by atoms with E-state index >= 15 is 0 Å². The lowest BCUT2D eigenvalue weighted by Gasteiger charge is -2.11. The molecule has 0 saturated carbocycles. The first-order valence-electron chi connectivity index (χ1n) is 6.89. The molecule has 2 N–H and O–H groups in total. The molecule has 2 unspecified atom stereocenters. The average molecular weight is 278 g/mol. The Morgan fingerprint density at radius 2 is 2.30 bits per heavy atom. The van der Waals surface area contributed by atoms with Gasteiger partial charge >= 0.3 is 0 Å². The van der Waals surface area contributed by atoms with Crippen molar-refractivity contribution in [2.45, 2.75) is 25.0 Å². The molecule has 1 aliphatic heterocycles. The number of methoxy groups -OCH3 is 2. The molecule has 0 aromatic heterocycles. The van der Waals surface area contributed by atoms with Crippen LogP contribution in [-0.2, 0) is 16.0 Å². The molecule has 1 amide bonds. The summed E-state index contributed by atoms with van der Waals surface area (Å²) in [4.78, 5) is 12.0. The van der Waals surface area contributed by atoms with Gasteiger partial charge in [-0.2, -0.15) is 0 Å². The zero-order valence-corrected chi connectivity index (χ0v) is 12.0. The van der Waals surface area contributed by atoms with Crippen LogP contribution in [0.15, 0.2) is 24.3 Å². The first-order valence-corrected chi connectivity index (χ1v) is 6.89. The number of hydrogen-bond acceptors (Lipinski definition) is 4. The lowest BCUT2D eigenvalue weighted by atomic mass is 10.1. The van der Waals surface area contributed by atoms with Gasteiger partial charge in [0.2, 0.25) is 5.91 Å². The monoisotopic (exact) mass is 278 g/mol. The SMILES string of the molecule is COc1cccc(CCNC(=O)C2CC(OC)CN2)c1. The van der Waals surface area contributed by atoms with Crippen molar-refractivity contribution < 1.29 is 14.3 Å². The molecule has 1 aromatic rings. The van der Waals surface area contributed by atoms with Crippen LogP contribution >= 0.6 is 0 Å². The Bertz CT molecular complexity index is 450. The Morgan fingerprint density at radius 1 is 1.45 bits per heavy atom. The maximum Gasteiger partial charge on any atom is 0.237 e. The fourth-order valence-corrected chi connectivity index (χ4v) is 2.36. The standard InChI is InChI=1S/C15H22N2O3/c1-19-12-5-3-4-11(8-12)6-7-16-15(18)14-9-13(20-2)10-17-14/h3-5,8,13-14,17H,6-7,9-10H2,1-2H3,(H,16,18).